The molecule has 0 aromatic heterocycles. The highest BCUT2D eigenvalue weighted by atomic mass is 35.5. The smallest absolute Gasteiger partial charge is 0.340 e. The van der Waals surface area contributed by atoms with Crippen LogP contribution in [0.2, 0.25) is 10.0 Å². The average molecular weight is 510 g/mol. The molecule has 1 saturated heterocycles. The molecule has 184 valence electrons. The summed E-state index contributed by atoms with van der Waals surface area (Å²) in [5.41, 5.74) is 1.50. The minimum atomic E-state index is -0.674. The van der Waals surface area contributed by atoms with Gasteiger partial charge in [-0.15, -0.1) is 0 Å². The van der Waals surface area contributed by atoms with E-state index in [1.807, 2.05) is 12.1 Å². The molecule has 34 heavy (non-hydrogen) atoms. The number of esters is 1. The average Bonchev–Trinajstić information content (AvgIpc) is 3.66. The maximum absolute atomic E-state index is 14.6. The van der Waals surface area contributed by atoms with Gasteiger partial charge in [-0.3, -0.25) is 0 Å². The van der Waals surface area contributed by atoms with Crippen LogP contribution in [0.25, 0.3) is 0 Å². The SMILES string of the molecule is COC(=O)c1cc(C2CC2)c(OCC2(OC)CCN(CCc3cc(Cl)cc(Cl)c3)CC2)cc1F. The fourth-order valence-corrected chi connectivity index (χ4v) is 5.09. The summed E-state index contributed by atoms with van der Waals surface area (Å²) in [6.07, 6.45) is 4.49. The van der Waals surface area contributed by atoms with Gasteiger partial charge in [0.2, 0.25) is 0 Å². The van der Waals surface area contributed by atoms with Crippen LogP contribution in [-0.2, 0) is 15.9 Å². The van der Waals surface area contributed by atoms with Crippen LogP contribution in [0, 0.1) is 5.82 Å². The van der Waals surface area contributed by atoms with E-state index in [0.717, 1.165) is 62.9 Å². The molecule has 0 radical (unpaired) electrons. The fourth-order valence-electron chi connectivity index (χ4n) is 4.52. The number of nitrogens with zero attached hydrogens (tertiary/aromatic N) is 1. The molecule has 5 nitrogen and oxygen atoms in total. The summed E-state index contributed by atoms with van der Waals surface area (Å²) in [5, 5.41) is 1.30. The number of ether oxygens (including phenoxy) is 3. The first-order valence-corrected chi connectivity index (χ1v) is 12.3. The molecule has 1 saturated carbocycles. The third-order valence-electron chi connectivity index (χ3n) is 6.85. The van der Waals surface area contributed by atoms with Crippen LogP contribution in [0.5, 0.6) is 5.75 Å². The summed E-state index contributed by atoms with van der Waals surface area (Å²) in [6.45, 7) is 2.98. The van der Waals surface area contributed by atoms with E-state index >= 15 is 0 Å². The van der Waals surface area contributed by atoms with E-state index < -0.39 is 17.4 Å². The van der Waals surface area contributed by atoms with Gasteiger partial charge < -0.3 is 19.1 Å². The Morgan fingerprint density at radius 3 is 2.35 bits per heavy atom. The van der Waals surface area contributed by atoms with E-state index in [9.17, 15) is 9.18 Å². The molecule has 0 unspecified atom stereocenters. The highest BCUT2D eigenvalue weighted by molar-refractivity contribution is 6.34. The second kappa shape index (κ2) is 10.8. The Morgan fingerprint density at radius 1 is 1.09 bits per heavy atom. The number of halogens is 3. The molecule has 2 fully saturated rings. The molecular formula is C26H30Cl2FNO4. The molecule has 1 aliphatic carbocycles. The van der Waals surface area contributed by atoms with Crippen LogP contribution in [0.3, 0.4) is 0 Å². The van der Waals surface area contributed by atoms with Crippen LogP contribution in [0.15, 0.2) is 30.3 Å². The summed E-state index contributed by atoms with van der Waals surface area (Å²) in [7, 11) is 2.96. The Kier molecular flexibility index (Phi) is 8.03. The van der Waals surface area contributed by atoms with Crippen molar-refractivity contribution in [3.05, 3.63) is 62.9 Å². The summed E-state index contributed by atoms with van der Waals surface area (Å²) >= 11 is 12.2. The van der Waals surface area contributed by atoms with E-state index in [2.05, 4.69) is 4.90 Å². The number of likely N-dealkylation sites (tertiary alicyclic amines) is 1. The molecule has 0 bridgehead atoms. The first-order valence-electron chi connectivity index (χ1n) is 11.6. The second-order valence-electron chi connectivity index (χ2n) is 9.18. The summed E-state index contributed by atoms with van der Waals surface area (Å²) in [5.74, 6) is -0.524. The molecule has 2 aromatic carbocycles. The van der Waals surface area contributed by atoms with Crippen molar-refractivity contribution >= 4 is 29.2 Å². The zero-order chi connectivity index (χ0) is 24.3. The van der Waals surface area contributed by atoms with Crippen LogP contribution < -0.4 is 4.74 Å². The summed E-state index contributed by atoms with van der Waals surface area (Å²) < 4.78 is 31.4. The van der Waals surface area contributed by atoms with E-state index in [0.29, 0.717) is 28.3 Å². The lowest BCUT2D eigenvalue weighted by molar-refractivity contribution is -0.0828. The Bertz CT molecular complexity index is 1020. The zero-order valence-corrected chi connectivity index (χ0v) is 21.1. The van der Waals surface area contributed by atoms with Crippen LogP contribution >= 0.6 is 23.2 Å². The minimum absolute atomic E-state index is 0.0486. The number of hydrogen-bond acceptors (Lipinski definition) is 5. The van der Waals surface area contributed by atoms with Gasteiger partial charge in [-0.1, -0.05) is 23.2 Å². The number of piperidine rings is 1. The largest absolute Gasteiger partial charge is 0.490 e. The molecular weight excluding hydrogens is 480 g/mol. The Morgan fingerprint density at radius 2 is 1.76 bits per heavy atom. The second-order valence-corrected chi connectivity index (χ2v) is 10.1. The summed E-state index contributed by atoms with van der Waals surface area (Å²) in [4.78, 5) is 14.3. The molecule has 0 spiro atoms. The first kappa shape index (κ1) is 25.2. The van der Waals surface area contributed by atoms with Crippen LogP contribution in [0.1, 0.15) is 53.1 Å². The highest BCUT2D eigenvalue weighted by Gasteiger charge is 2.37. The molecule has 0 amide bonds. The van der Waals surface area contributed by atoms with Gasteiger partial charge in [0.25, 0.3) is 0 Å². The van der Waals surface area contributed by atoms with Crippen molar-refractivity contribution in [2.45, 2.75) is 43.6 Å². The Labute approximate surface area is 210 Å². The molecule has 1 heterocycles. The number of carbonyl (C=O) groups is 1. The van der Waals surface area contributed by atoms with Crippen LogP contribution in [0.4, 0.5) is 4.39 Å². The van der Waals surface area contributed by atoms with Crippen molar-refractivity contribution in [3.8, 4) is 5.75 Å². The maximum atomic E-state index is 14.6. The van der Waals surface area contributed by atoms with E-state index in [-0.39, 0.29) is 5.56 Å². The molecule has 0 atom stereocenters. The maximum Gasteiger partial charge on any atom is 0.340 e. The molecule has 1 aliphatic heterocycles. The van der Waals surface area contributed by atoms with Gasteiger partial charge in [-0.2, -0.15) is 0 Å². The number of rotatable bonds is 9. The van der Waals surface area contributed by atoms with E-state index in [1.165, 1.54) is 13.2 Å². The monoisotopic (exact) mass is 509 g/mol. The van der Waals surface area contributed by atoms with Crippen molar-refractivity contribution in [3.63, 3.8) is 0 Å². The predicted octanol–water partition coefficient (Wildman–Crippen LogP) is 5.90. The molecule has 2 aromatic rings. The van der Waals surface area contributed by atoms with Gasteiger partial charge >= 0.3 is 5.97 Å². The molecule has 8 heteroatoms. The zero-order valence-electron chi connectivity index (χ0n) is 19.5. The topological polar surface area (TPSA) is 48.0 Å². The van der Waals surface area contributed by atoms with Crippen molar-refractivity contribution in [2.24, 2.45) is 0 Å². The van der Waals surface area contributed by atoms with Gasteiger partial charge in [0.15, 0.2) is 0 Å². The lowest BCUT2D eigenvalue weighted by Gasteiger charge is -2.40. The van der Waals surface area contributed by atoms with Gasteiger partial charge in [-0.05, 0) is 73.4 Å². The number of hydrogen-bond donors (Lipinski definition) is 0. The highest BCUT2D eigenvalue weighted by Crippen LogP contribution is 2.45. The number of carbonyl (C=O) groups excluding carboxylic acids is 1. The van der Waals surface area contributed by atoms with Crippen molar-refractivity contribution in [2.75, 3.05) is 40.5 Å². The van der Waals surface area contributed by atoms with Crippen molar-refractivity contribution in [1.82, 2.24) is 4.90 Å². The molecule has 0 N–H and O–H groups in total. The Balaban J connectivity index is 1.36. The van der Waals surface area contributed by atoms with Crippen molar-refractivity contribution in [1.29, 1.82) is 0 Å². The van der Waals surface area contributed by atoms with Gasteiger partial charge in [0.1, 0.15) is 23.8 Å². The summed E-state index contributed by atoms with van der Waals surface area (Å²) in [6, 6.07) is 8.54. The standard InChI is InChI=1S/C26H30Cl2FNO4/c1-32-25(31)22-14-21(18-3-4-18)24(15-23(22)29)34-16-26(33-2)6-9-30(10-7-26)8-5-17-11-19(27)13-20(28)12-17/h11-15,18H,3-10,16H2,1-2H3. The molecule has 2 aliphatic rings. The third-order valence-corrected chi connectivity index (χ3v) is 7.29. The molecule has 4 rings (SSSR count). The predicted molar refractivity (Wildman–Crippen MR) is 131 cm³/mol. The Hall–Kier alpha value is -1.86. The van der Waals surface area contributed by atoms with E-state index in [1.54, 1.807) is 19.2 Å². The fraction of sp³-hybridized carbons (Fsp3) is 0.500. The van der Waals surface area contributed by atoms with Gasteiger partial charge in [-0.25, -0.2) is 9.18 Å². The normalized spacial score (nSPS) is 18.0. The van der Waals surface area contributed by atoms with Gasteiger partial charge in [0, 0.05) is 42.9 Å². The lowest BCUT2D eigenvalue weighted by atomic mass is 9.91. The van der Waals surface area contributed by atoms with Gasteiger partial charge in [0.05, 0.1) is 12.7 Å². The third kappa shape index (κ3) is 6.03. The van der Waals surface area contributed by atoms with Crippen LogP contribution in [-0.4, -0.2) is 56.9 Å². The minimum Gasteiger partial charge on any atom is -0.490 e. The number of benzene rings is 2. The quantitative estimate of drug-likeness (QED) is 0.394. The van der Waals surface area contributed by atoms with Crippen molar-refractivity contribution < 1.29 is 23.4 Å². The first-order chi connectivity index (χ1) is 16.3. The van der Waals surface area contributed by atoms with E-state index in [4.69, 9.17) is 37.4 Å². The number of methoxy groups -OCH3 is 2. The lowest BCUT2D eigenvalue weighted by Crippen LogP contribution is -2.49.